The van der Waals surface area contributed by atoms with Gasteiger partial charge in [0, 0.05) is 22.6 Å². The fourth-order valence-electron chi connectivity index (χ4n) is 2.78. The highest BCUT2D eigenvalue weighted by molar-refractivity contribution is 7.08. The molecule has 1 amide bonds. The average molecular weight is 373 g/mol. The number of nitrogens with zero attached hydrogens (tertiary/aromatic N) is 2. The first-order valence-corrected chi connectivity index (χ1v) is 9.70. The molecule has 6 heteroatoms. The Balaban J connectivity index is 1.72. The zero-order valence-corrected chi connectivity index (χ0v) is 14.9. The smallest absolute Gasteiger partial charge is 0.267 e. The second-order valence-corrected chi connectivity index (χ2v) is 7.49. The van der Waals surface area contributed by atoms with Crippen LogP contribution in [0.3, 0.4) is 0 Å². The molecule has 3 heterocycles. The van der Waals surface area contributed by atoms with E-state index in [4.69, 9.17) is 11.6 Å². The summed E-state index contributed by atoms with van der Waals surface area (Å²) in [6, 6.07) is 11.0. The predicted octanol–water partition coefficient (Wildman–Crippen LogP) is 5.45. The summed E-state index contributed by atoms with van der Waals surface area (Å²) in [5.74, 6) is -0.126. The number of amides is 1. The van der Waals surface area contributed by atoms with Crippen molar-refractivity contribution in [1.29, 1.82) is 0 Å². The van der Waals surface area contributed by atoms with Gasteiger partial charge in [-0.15, -0.1) is 0 Å². The number of benzene rings is 1. The molecule has 0 N–H and O–H groups in total. The fraction of sp³-hybridized carbons (Fsp3) is 0.111. The molecule has 3 nitrogen and oxygen atoms in total. The van der Waals surface area contributed by atoms with Crippen LogP contribution in [-0.2, 0) is 0 Å². The van der Waals surface area contributed by atoms with Crippen molar-refractivity contribution in [2.45, 2.75) is 12.5 Å². The molecule has 1 atom stereocenters. The average Bonchev–Trinajstić information content (AvgIpc) is 3.32. The third-order valence-corrected chi connectivity index (χ3v) is 5.59. The van der Waals surface area contributed by atoms with E-state index in [9.17, 15) is 4.79 Å². The summed E-state index contributed by atoms with van der Waals surface area (Å²) in [6.07, 6.45) is 0.722. The lowest BCUT2D eigenvalue weighted by atomic mass is 10.0. The Morgan fingerprint density at radius 1 is 1.17 bits per heavy atom. The molecule has 1 aliphatic rings. The Morgan fingerprint density at radius 3 is 2.71 bits per heavy atom. The van der Waals surface area contributed by atoms with E-state index in [0.29, 0.717) is 10.6 Å². The molecular formula is C18H13ClN2OS2. The van der Waals surface area contributed by atoms with Gasteiger partial charge >= 0.3 is 0 Å². The van der Waals surface area contributed by atoms with Gasteiger partial charge in [0.2, 0.25) is 0 Å². The van der Waals surface area contributed by atoms with Gasteiger partial charge in [0.05, 0.1) is 11.8 Å². The number of halogens is 1. The van der Waals surface area contributed by atoms with Gasteiger partial charge < -0.3 is 0 Å². The molecule has 24 heavy (non-hydrogen) atoms. The van der Waals surface area contributed by atoms with Crippen molar-refractivity contribution >= 4 is 45.9 Å². The Labute approximate surface area is 152 Å². The van der Waals surface area contributed by atoms with Crippen LogP contribution in [0.2, 0.25) is 5.02 Å². The van der Waals surface area contributed by atoms with Crippen LogP contribution in [0, 0.1) is 0 Å². The van der Waals surface area contributed by atoms with Crippen LogP contribution in [0.15, 0.2) is 63.0 Å². The third-order valence-electron chi connectivity index (χ3n) is 3.97. The largest absolute Gasteiger partial charge is 0.274 e. The van der Waals surface area contributed by atoms with Crippen LogP contribution in [0.5, 0.6) is 0 Å². The van der Waals surface area contributed by atoms with Crippen LogP contribution in [0.25, 0.3) is 0 Å². The number of rotatable bonds is 3. The number of hydrogen-bond acceptors (Lipinski definition) is 4. The topological polar surface area (TPSA) is 32.7 Å². The monoisotopic (exact) mass is 372 g/mol. The molecular weight excluding hydrogens is 360 g/mol. The second kappa shape index (κ2) is 6.51. The molecule has 0 saturated heterocycles. The lowest BCUT2D eigenvalue weighted by Crippen LogP contribution is -2.26. The van der Waals surface area contributed by atoms with E-state index >= 15 is 0 Å². The quantitative estimate of drug-likeness (QED) is 0.601. The Hall–Kier alpha value is -1.95. The lowest BCUT2D eigenvalue weighted by molar-refractivity contribution is 0.0711. The molecule has 0 saturated carbocycles. The highest BCUT2D eigenvalue weighted by atomic mass is 35.5. The van der Waals surface area contributed by atoms with Crippen molar-refractivity contribution in [3.05, 3.63) is 79.6 Å². The van der Waals surface area contributed by atoms with Gasteiger partial charge in [0.1, 0.15) is 0 Å². The number of hydrogen-bond donors (Lipinski definition) is 0. The standard InChI is InChI=1S/C18H13ClN2OS2/c19-15-3-1-2-12(8-15)18(22)21-17(14-5-7-24-11-14)9-16(20-21)13-4-6-23-10-13/h1-8,10-11,17H,9H2/t17-/m1/s1. The summed E-state index contributed by atoms with van der Waals surface area (Å²) in [5, 5.41) is 15.0. The van der Waals surface area contributed by atoms with E-state index in [1.54, 1.807) is 51.9 Å². The molecule has 4 rings (SSSR count). The lowest BCUT2D eigenvalue weighted by Gasteiger charge is -2.21. The fourth-order valence-corrected chi connectivity index (χ4v) is 4.34. The van der Waals surface area contributed by atoms with E-state index in [1.807, 2.05) is 16.8 Å². The van der Waals surface area contributed by atoms with Crippen molar-refractivity contribution < 1.29 is 4.79 Å². The summed E-state index contributed by atoms with van der Waals surface area (Å²) in [7, 11) is 0. The van der Waals surface area contributed by atoms with Crippen molar-refractivity contribution in [2.24, 2.45) is 5.10 Å². The molecule has 0 spiro atoms. The number of carbonyl (C=O) groups is 1. The summed E-state index contributed by atoms with van der Waals surface area (Å²) in [5.41, 5.74) is 3.70. The minimum absolute atomic E-state index is 0.0716. The summed E-state index contributed by atoms with van der Waals surface area (Å²) >= 11 is 9.30. The first-order valence-electron chi connectivity index (χ1n) is 7.43. The van der Waals surface area contributed by atoms with E-state index < -0.39 is 0 Å². The van der Waals surface area contributed by atoms with Gasteiger partial charge in [-0.1, -0.05) is 17.7 Å². The SMILES string of the molecule is O=C(c1cccc(Cl)c1)N1N=C(c2ccsc2)C[C@@H]1c1ccsc1. The first-order chi connectivity index (χ1) is 11.7. The maximum atomic E-state index is 13.0. The second-order valence-electron chi connectivity index (χ2n) is 5.50. The third kappa shape index (κ3) is 2.90. The van der Waals surface area contributed by atoms with Gasteiger partial charge in [-0.3, -0.25) is 4.79 Å². The molecule has 3 aromatic rings. The Bertz CT molecular complexity index is 888. The van der Waals surface area contributed by atoms with Crippen molar-refractivity contribution in [1.82, 2.24) is 5.01 Å². The maximum absolute atomic E-state index is 13.0. The van der Waals surface area contributed by atoms with E-state index in [2.05, 4.69) is 21.9 Å². The van der Waals surface area contributed by atoms with E-state index in [0.717, 1.165) is 23.3 Å². The van der Waals surface area contributed by atoms with Crippen LogP contribution < -0.4 is 0 Å². The van der Waals surface area contributed by atoms with Gasteiger partial charge in [-0.05, 0) is 57.4 Å². The Morgan fingerprint density at radius 2 is 2.00 bits per heavy atom. The van der Waals surface area contributed by atoms with E-state index in [1.165, 1.54) is 0 Å². The van der Waals surface area contributed by atoms with Crippen LogP contribution in [0.1, 0.15) is 33.9 Å². The van der Waals surface area contributed by atoms with E-state index in [-0.39, 0.29) is 11.9 Å². The first kappa shape index (κ1) is 15.6. The molecule has 0 radical (unpaired) electrons. The molecule has 0 fully saturated rings. The minimum Gasteiger partial charge on any atom is -0.267 e. The van der Waals surface area contributed by atoms with Crippen LogP contribution >= 0.6 is 34.3 Å². The van der Waals surface area contributed by atoms with Gasteiger partial charge in [0.15, 0.2) is 0 Å². The van der Waals surface area contributed by atoms with Crippen molar-refractivity contribution in [3.8, 4) is 0 Å². The van der Waals surface area contributed by atoms with Gasteiger partial charge in [-0.2, -0.15) is 27.8 Å². The summed E-state index contributed by atoms with van der Waals surface area (Å²) in [4.78, 5) is 13.0. The van der Waals surface area contributed by atoms with Gasteiger partial charge in [0.25, 0.3) is 5.91 Å². The molecule has 0 aliphatic carbocycles. The summed E-state index contributed by atoms with van der Waals surface area (Å²) in [6.45, 7) is 0. The van der Waals surface area contributed by atoms with Crippen molar-refractivity contribution in [2.75, 3.05) is 0 Å². The molecule has 0 unspecified atom stereocenters. The zero-order valence-electron chi connectivity index (χ0n) is 12.6. The molecule has 1 aliphatic heterocycles. The normalized spacial score (nSPS) is 17.1. The summed E-state index contributed by atoms with van der Waals surface area (Å²) < 4.78 is 0. The number of carbonyl (C=O) groups excluding carboxylic acids is 1. The predicted molar refractivity (Wildman–Crippen MR) is 100 cm³/mol. The highest BCUT2D eigenvalue weighted by Crippen LogP contribution is 2.35. The minimum atomic E-state index is -0.126. The molecule has 0 bridgehead atoms. The highest BCUT2D eigenvalue weighted by Gasteiger charge is 2.34. The number of hydrazone groups is 1. The zero-order chi connectivity index (χ0) is 16.5. The van der Waals surface area contributed by atoms with Crippen molar-refractivity contribution in [3.63, 3.8) is 0 Å². The Kier molecular flexibility index (Phi) is 4.22. The van der Waals surface area contributed by atoms with Crippen LogP contribution in [-0.4, -0.2) is 16.6 Å². The van der Waals surface area contributed by atoms with Crippen LogP contribution in [0.4, 0.5) is 0 Å². The molecule has 1 aromatic carbocycles. The molecule has 120 valence electrons. The molecule has 2 aromatic heterocycles. The maximum Gasteiger partial charge on any atom is 0.274 e. The van der Waals surface area contributed by atoms with Gasteiger partial charge in [-0.25, -0.2) is 5.01 Å². The number of thiophene rings is 2.